The van der Waals surface area contributed by atoms with Gasteiger partial charge < -0.3 is 5.32 Å². The molecule has 0 bridgehead atoms. The fourth-order valence-electron chi connectivity index (χ4n) is 1.80. The first-order chi connectivity index (χ1) is 8.69. The Morgan fingerprint density at radius 2 is 2.11 bits per heavy atom. The number of hydrogen-bond acceptors (Lipinski definition) is 5. The first kappa shape index (κ1) is 15.6. The molecule has 8 heteroatoms. The molecule has 0 saturated carbocycles. The fraction of sp³-hybridized carbons (Fsp3) is 0.727. The molecule has 19 heavy (non-hydrogen) atoms. The molecule has 1 N–H and O–H groups in total. The van der Waals surface area contributed by atoms with Gasteiger partial charge in [0.1, 0.15) is 17.9 Å². The summed E-state index contributed by atoms with van der Waals surface area (Å²) < 4.78 is 23.8. The number of carbonyl (C=O) groups excluding carboxylic acids is 1. The van der Waals surface area contributed by atoms with Crippen molar-refractivity contribution in [3.05, 3.63) is 12.2 Å². The Balaban J connectivity index is 2.82. The van der Waals surface area contributed by atoms with Crippen LogP contribution in [0.25, 0.3) is 0 Å². The summed E-state index contributed by atoms with van der Waals surface area (Å²) in [5.41, 5.74) is 0. The van der Waals surface area contributed by atoms with Crippen molar-refractivity contribution in [2.24, 2.45) is 13.0 Å². The zero-order valence-electron chi connectivity index (χ0n) is 11.6. The highest BCUT2D eigenvalue weighted by Crippen LogP contribution is 2.18. The minimum absolute atomic E-state index is 0.332. The smallest absolute Gasteiger partial charge is 0.235 e. The molecule has 1 rings (SSSR count). The lowest BCUT2D eigenvalue weighted by Gasteiger charge is -2.19. The zero-order chi connectivity index (χ0) is 14.6. The number of rotatable bonds is 6. The van der Waals surface area contributed by atoms with Crippen LogP contribution in [0.5, 0.6) is 0 Å². The number of nitrogens with one attached hydrogen (secondary N) is 1. The highest BCUT2D eigenvalue weighted by atomic mass is 32.2. The van der Waals surface area contributed by atoms with Gasteiger partial charge in [-0.2, -0.15) is 5.10 Å². The zero-order valence-corrected chi connectivity index (χ0v) is 12.4. The lowest BCUT2D eigenvalue weighted by molar-refractivity contribution is -0.119. The second-order valence-corrected chi connectivity index (χ2v) is 7.20. The Kier molecular flexibility index (Phi) is 5.04. The Labute approximate surface area is 113 Å². The third-order valence-electron chi connectivity index (χ3n) is 2.49. The first-order valence-electron chi connectivity index (χ1n) is 6.00. The minimum Gasteiger partial charge on any atom is -0.345 e. The molecular weight excluding hydrogens is 268 g/mol. The second-order valence-electron chi connectivity index (χ2n) is 5.06. The van der Waals surface area contributed by atoms with Crippen molar-refractivity contribution in [1.82, 2.24) is 20.1 Å². The van der Waals surface area contributed by atoms with Gasteiger partial charge >= 0.3 is 0 Å². The summed E-state index contributed by atoms with van der Waals surface area (Å²) in [6, 6.07) is -0.332. The number of hydrogen-bond donors (Lipinski definition) is 1. The molecule has 0 aliphatic carbocycles. The molecule has 1 aromatic heterocycles. The molecule has 0 unspecified atom stereocenters. The van der Waals surface area contributed by atoms with E-state index in [2.05, 4.69) is 15.4 Å². The van der Waals surface area contributed by atoms with Crippen LogP contribution in [0.1, 0.15) is 32.1 Å². The van der Waals surface area contributed by atoms with Gasteiger partial charge in [-0.1, -0.05) is 13.8 Å². The summed E-state index contributed by atoms with van der Waals surface area (Å²) in [6.45, 7) is 4.04. The van der Waals surface area contributed by atoms with Crippen LogP contribution in [0.2, 0.25) is 0 Å². The summed E-state index contributed by atoms with van der Waals surface area (Å²) in [4.78, 5) is 15.8. The SMILES string of the molecule is CC(C)C[C@@H](NC(=O)CS(C)(=O)=O)c1ncnn1C. The molecule has 0 saturated heterocycles. The molecule has 1 heterocycles. The maximum absolute atomic E-state index is 11.7. The van der Waals surface area contributed by atoms with Gasteiger partial charge in [0, 0.05) is 13.3 Å². The Hall–Kier alpha value is -1.44. The molecule has 7 nitrogen and oxygen atoms in total. The van der Waals surface area contributed by atoms with Crippen LogP contribution >= 0.6 is 0 Å². The van der Waals surface area contributed by atoms with Crippen molar-refractivity contribution in [2.45, 2.75) is 26.3 Å². The van der Waals surface area contributed by atoms with E-state index in [9.17, 15) is 13.2 Å². The highest BCUT2D eigenvalue weighted by Gasteiger charge is 2.22. The van der Waals surface area contributed by atoms with E-state index in [0.717, 1.165) is 6.26 Å². The predicted octanol–water partition coefficient (Wildman–Crippen LogP) is 0.0631. The molecule has 0 aliphatic rings. The first-order valence-corrected chi connectivity index (χ1v) is 8.06. The van der Waals surface area contributed by atoms with Crippen molar-refractivity contribution in [3.8, 4) is 0 Å². The van der Waals surface area contributed by atoms with Crippen LogP contribution < -0.4 is 5.32 Å². The Morgan fingerprint density at radius 1 is 1.47 bits per heavy atom. The Bertz CT molecular complexity index is 536. The van der Waals surface area contributed by atoms with Crippen molar-refractivity contribution in [3.63, 3.8) is 0 Å². The topological polar surface area (TPSA) is 93.9 Å². The largest absolute Gasteiger partial charge is 0.345 e. The van der Waals surface area contributed by atoms with Crippen molar-refractivity contribution >= 4 is 15.7 Å². The van der Waals surface area contributed by atoms with Crippen LogP contribution in [0.4, 0.5) is 0 Å². The molecule has 1 amide bonds. The van der Waals surface area contributed by atoms with Gasteiger partial charge in [-0.3, -0.25) is 9.48 Å². The van der Waals surface area contributed by atoms with E-state index < -0.39 is 21.5 Å². The van der Waals surface area contributed by atoms with Gasteiger partial charge in [0.05, 0.1) is 6.04 Å². The van der Waals surface area contributed by atoms with E-state index in [1.54, 1.807) is 11.7 Å². The van der Waals surface area contributed by atoms with Gasteiger partial charge in [-0.15, -0.1) is 0 Å². The summed E-state index contributed by atoms with van der Waals surface area (Å²) >= 11 is 0. The summed E-state index contributed by atoms with van der Waals surface area (Å²) in [7, 11) is -1.60. The number of aryl methyl sites for hydroxylation is 1. The van der Waals surface area contributed by atoms with Crippen LogP contribution in [0.15, 0.2) is 6.33 Å². The molecule has 0 aromatic carbocycles. The maximum atomic E-state index is 11.7. The van der Waals surface area contributed by atoms with E-state index in [-0.39, 0.29) is 6.04 Å². The second kappa shape index (κ2) is 6.14. The molecule has 0 radical (unpaired) electrons. The number of amides is 1. The summed E-state index contributed by atoms with van der Waals surface area (Å²) in [5.74, 6) is -0.0775. The third-order valence-corrected chi connectivity index (χ3v) is 3.28. The normalized spacial score (nSPS) is 13.5. The van der Waals surface area contributed by atoms with Gasteiger partial charge in [0.15, 0.2) is 9.84 Å². The minimum atomic E-state index is -3.33. The van der Waals surface area contributed by atoms with Crippen molar-refractivity contribution in [1.29, 1.82) is 0 Å². The number of sulfone groups is 1. The monoisotopic (exact) mass is 288 g/mol. The van der Waals surface area contributed by atoms with E-state index in [0.29, 0.717) is 18.2 Å². The van der Waals surface area contributed by atoms with Gasteiger partial charge in [0.25, 0.3) is 0 Å². The molecule has 0 aliphatic heterocycles. The Morgan fingerprint density at radius 3 is 2.53 bits per heavy atom. The summed E-state index contributed by atoms with van der Waals surface area (Å²) in [5, 5.41) is 6.67. The van der Waals surface area contributed by atoms with E-state index >= 15 is 0 Å². The average molecular weight is 288 g/mol. The van der Waals surface area contributed by atoms with Gasteiger partial charge in [-0.25, -0.2) is 13.4 Å². The fourth-order valence-corrected chi connectivity index (χ4v) is 2.35. The van der Waals surface area contributed by atoms with Crippen LogP contribution in [-0.4, -0.2) is 41.1 Å². The van der Waals surface area contributed by atoms with E-state index in [4.69, 9.17) is 0 Å². The van der Waals surface area contributed by atoms with E-state index in [1.807, 2.05) is 13.8 Å². The maximum Gasteiger partial charge on any atom is 0.235 e. The lowest BCUT2D eigenvalue weighted by Crippen LogP contribution is -2.35. The van der Waals surface area contributed by atoms with Crippen LogP contribution in [0, 0.1) is 5.92 Å². The molecule has 108 valence electrons. The van der Waals surface area contributed by atoms with Crippen LogP contribution in [-0.2, 0) is 21.7 Å². The molecular formula is C11H20N4O3S. The molecule has 1 aromatic rings. The number of nitrogens with zero attached hydrogens (tertiary/aromatic N) is 3. The van der Waals surface area contributed by atoms with Crippen LogP contribution in [0.3, 0.4) is 0 Å². The standard InChI is InChI=1S/C11H20N4O3S/c1-8(2)5-9(11-12-7-13-15(11)3)14-10(16)6-19(4,17)18/h7-9H,5-6H2,1-4H3,(H,14,16)/t9-/m1/s1. The molecule has 0 spiro atoms. The molecule has 1 atom stereocenters. The van der Waals surface area contributed by atoms with Crippen molar-refractivity contribution < 1.29 is 13.2 Å². The number of carbonyl (C=O) groups is 1. The third kappa shape index (κ3) is 5.37. The van der Waals surface area contributed by atoms with Crippen molar-refractivity contribution in [2.75, 3.05) is 12.0 Å². The quantitative estimate of drug-likeness (QED) is 0.799. The number of aromatic nitrogens is 3. The van der Waals surface area contributed by atoms with Gasteiger partial charge in [-0.05, 0) is 12.3 Å². The lowest BCUT2D eigenvalue weighted by atomic mass is 10.0. The highest BCUT2D eigenvalue weighted by molar-refractivity contribution is 7.91. The van der Waals surface area contributed by atoms with E-state index in [1.165, 1.54) is 6.33 Å². The summed E-state index contributed by atoms with van der Waals surface area (Å²) in [6.07, 6.45) is 3.11. The average Bonchev–Trinajstić information content (AvgIpc) is 2.59. The van der Waals surface area contributed by atoms with Gasteiger partial charge in [0.2, 0.25) is 5.91 Å². The molecule has 0 fully saturated rings. The predicted molar refractivity (Wildman–Crippen MR) is 71.1 cm³/mol.